The predicted molar refractivity (Wildman–Crippen MR) is 127 cm³/mol. The molecule has 1 saturated carbocycles. The minimum absolute atomic E-state index is 0.0477. The number of hydrogen-bond acceptors (Lipinski definition) is 7. The molecule has 0 radical (unpaired) electrons. The molecule has 3 aromatic rings. The molecule has 9 nitrogen and oxygen atoms in total. The van der Waals surface area contributed by atoms with Crippen molar-refractivity contribution in [1.82, 2.24) is 30.0 Å². The number of carbonyl (C=O) groups excluding carboxylic acids is 1. The molecular formula is C22H25BrN8O. The van der Waals surface area contributed by atoms with Gasteiger partial charge in [-0.25, -0.2) is 4.98 Å². The first-order valence-corrected chi connectivity index (χ1v) is 11.5. The SMILES string of the molecule is CN1CCN(C(=O)c2cccc(Nc3ncc(Br)c(Nc4cc(C5CC5)n[nH]4)n3)c2)CC1. The van der Waals surface area contributed by atoms with Crippen molar-refractivity contribution in [2.45, 2.75) is 18.8 Å². The van der Waals surface area contributed by atoms with Gasteiger partial charge in [-0.3, -0.25) is 9.89 Å². The molecule has 2 aliphatic rings. The third kappa shape index (κ3) is 4.76. The number of benzene rings is 1. The average molecular weight is 497 g/mol. The molecule has 32 heavy (non-hydrogen) atoms. The molecule has 2 aromatic heterocycles. The Kier molecular flexibility index (Phi) is 5.79. The zero-order valence-corrected chi connectivity index (χ0v) is 19.4. The second-order valence-electron chi connectivity index (χ2n) is 8.30. The fourth-order valence-corrected chi connectivity index (χ4v) is 3.97. The number of aromatic nitrogens is 4. The number of H-pyrrole nitrogens is 1. The highest BCUT2D eigenvalue weighted by atomic mass is 79.9. The van der Waals surface area contributed by atoms with E-state index in [-0.39, 0.29) is 5.91 Å². The van der Waals surface area contributed by atoms with E-state index in [0.717, 1.165) is 47.9 Å². The van der Waals surface area contributed by atoms with Crippen molar-refractivity contribution in [3.8, 4) is 0 Å². The van der Waals surface area contributed by atoms with Gasteiger partial charge in [0.15, 0.2) is 5.82 Å². The lowest BCUT2D eigenvalue weighted by atomic mass is 10.1. The summed E-state index contributed by atoms with van der Waals surface area (Å²) in [6, 6.07) is 9.48. The number of halogens is 1. The van der Waals surface area contributed by atoms with E-state index >= 15 is 0 Å². The van der Waals surface area contributed by atoms with Gasteiger partial charge in [0.25, 0.3) is 5.91 Å². The molecule has 0 unspecified atom stereocenters. The normalized spacial score (nSPS) is 16.8. The molecule has 2 fully saturated rings. The number of rotatable bonds is 6. The Labute approximate surface area is 194 Å². The van der Waals surface area contributed by atoms with E-state index < -0.39 is 0 Å². The molecule has 1 aliphatic carbocycles. The number of likely N-dealkylation sites (N-methyl/N-ethyl adjacent to an activating group) is 1. The van der Waals surface area contributed by atoms with Gasteiger partial charge in [0.2, 0.25) is 5.95 Å². The molecule has 0 spiro atoms. The molecule has 1 amide bonds. The minimum Gasteiger partial charge on any atom is -0.336 e. The van der Waals surface area contributed by atoms with Gasteiger partial charge in [0, 0.05) is 55.6 Å². The van der Waals surface area contributed by atoms with Crippen LogP contribution in [0.4, 0.5) is 23.3 Å². The lowest BCUT2D eigenvalue weighted by Gasteiger charge is -2.32. The van der Waals surface area contributed by atoms with Crippen LogP contribution in [0.1, 0.15) is 34.8 Å². The quantitative estimate of drug-likeness (QED) is 0.477. The van der Waals surface area contributed by atoms with Gasteiger partial charge in [-0.2, -0.15) is 10.1 Å². The zero-order chi connectivity index (χ0) is 22.1. The predicted octanol–water partition coefficient (Wildman–Crippen LogP) is 3.71. The molecule has 5 rings (SSSR count). The van der Waals surface area contributed by atoms with Crippen molar-refractivity contribution in [2.24, 2.45) is 0 Å². The van der Waals surface area contributed by atoms with Crippen molar-refractivity contribution in [2.75, 3.05) is 43.9 Å². The van der Waals surface area contributed by atoms with E-state index in [1.807, 2.05) is 35.2 Å². The Balaban J connectivity index is 1.29. The lowest BCUT2D eigenvalue weighted by Crippen LogP contribution is -2.47. The molecule has 0 bridgehead atoms. The highest BCUT2D eigenvalue weighted by Crippen LogP contribution is 2.39. The fraction of sp³-hybridized carbons (Fsp3) is 0.364. The Morgan fingerprint density at radius 3 is 2.75 bits per heavy atom. The van der Waals surface area contributed by atoms with E-state index in [1.54, 1.807) is 6.20 Å². The van der Waals surface area contributed by atoms with Crippen molar-refractivity contribution in [3.05, 3.63) is 52.3 Å². The van der Waals surface area contributed by atoms with Crippen LogP contribution >= 0.6 is 15.9 Å². The first-order chi connectivity index (χ1) is 15.5. The monoisotopic (exact) mass is 496 g/mol. The Hall–Kier alpha value is -2.98. The highest BCUT2D eigenvalue weighted by Gasteiger charge is 2.26. The van der Waals surface area contributed by atoms with Gasteiger partial charge in [-0.15, -0.1) is 0 Å². The second-order valence-corrected chi connectivity index (χ2v) is 9.15. The van der Waals surface area contributed by atoms with Crippen LogP contribution in [0.2, 0.25) is 0 Å². The maximum Gasteiger partial charge on any atom is 0.254 e. The largest absolute Gasteiger partial charge is 0.336 e. The van der Waals surface area contributed by atoms with Crippen LogP contribution in [0.15, 0.2) is 41.0 Å². The highest BCUT2D eigenvalue weighted by molar-refractivity contribution is 9.10. The molecule has 1 aromatic carbocycles. The number of nitrogens with zero attached hydrogens (tertiary/aromatic N) is 5. The Morgan fingerprint density at radius 1 is 1.16 bits per heavy atom. The van der Waals surface area contributed by atoms with Crippen LogP contribution in [-0.2, 0) is 0 Å². The van der Waals surface area contributed by atoms with Gasteiger partial charge in [-0.1, -0.05) is 6.07 Å². The van der Waals surface area contributed by atoms with Gasteiger partial charge in [0.05, 0.1) is 10.2 Å². The molecule has 0 atom stereocenters. The van der Waals surface area contributed by atoms with Crippen LogP contribution in [0.5, 0.6) is 0 Å². The summed E-state index contributed by atoms with van der Waals surface area (Å²) in [5, 5.41) is 13.8. The van der Waals surface area contributed by atoms with Crippen molar-refractivity contribution >= 4 is 45.1 Å². The molecular weight excluding hydrogens is 472 g/mol. The summed E-state index contributed by atoms with van der Waals surface area (Å²) in [5.41, 5.74) is 2.49. The first-order valence-electron chi connectivity index (χ1n) is 10.7. The number of carbonyl (C=O) groups is 1. The summed E-state index contributed by atoms with van der Waals surface area (Å²) >= 11 is 3.50. The summed E-state index contributed by atoms with van der Waals surface area (Å²) in [7, 11) is 2.08. The average Bonchev–Trinajstić information content (AvgIpc) is 3.55. The number of amides is 1. The molecule has 1 saturated heterocycles. The van der Waals surface area contributed by atoms with Crippen LogP contribution in [0.3, 0.4) is 0 Å². The zero-order valence-electron chi connectivity index (χ0n) is 17.8. The van der Waals surface area contributed by atoms with E-state index in [9.17, 15) is 4.79 Å². The Morgan fingerprint density at radius 2 is 1.97 bits per heavy atom. The standard InChI is InChI=1S/C22H25BrN8O/c1-30-7-9-31(10-8-30)21(32)15-3-2-4-16(11-15)25-22-24-13-17(23)20(27-22)26-19-12-18(28-29-19)14-5-6-14/h2-4,11-14H,5-10H2,1H3,(H3,24,25,26,27,28,29). The smallest absolute Gasteiger partial charge is 0.254 e. The topological polar surface area (TPSA) is 102 Å². The summed E-state index contributed by atoms with van der Waals surface area (Å²) < 4.78 is 0.740. The lowest BCUT2D eigenvalue weighted by molar-refractivity contribution is 0.0664. The molecule has 1 aliphatic heterocycles. The number of anilines is 4. The van der Waals surface area contributed by atoms with E-state index in [2.05, 4.69) is 58.7 Å². The van der Waals surface area contributed by atoms with E-state index in [0.29, 0.717) is 23.2 Å². The number of hydrogen-bond donors (Lipinski definition) is 3. The van der Waals surface area contributed by atoms with Crippen LogP contribution in [-0.4, -0.2) is 69.1 Å². The molecule has 3 N–H and O–H groups in total. The third-order valence-electron chi connectivity index (χ3n) is 5.75. The summed E-state index contributed by atoms with van der Waals surface area (Å²) in [6.45, 7) is 3.27. The number of piperazine rings is 1. The molecule has 166 valence electrons. The van der Waals surface area contributed by atoms with Gasteiger partial charge < -0.3 is 20.4 Å². The Bertz CT molecular complexity index is 1120. The number of aromatic amines is 1. The summed E-state index contributed by atoms with van der Waals surface area (Å²) in [4.78, 5) is 26.0. The maximum atomic E-state index is 12.9. The maximum absolute atomic E-state index is 12.9. The third-order valence-corrected chi connectivity index (χ3v) is 6.33. The minimum atomic E-state index is 0.0477. The number of nitrogens with one attached hydrogen (secondary N) is 3. The van der Waals surface area contributed by atoms with Crippen molar-refractivity contribution in [1.29, 1.82) is 0 Å². The molecule has 10 heteroatoms. The van der Waals surface area contributed by atoms with E-state index in [4.69, 9.17) is 0 Å². The summed E-state index contributed by atoms with van der Waals surface area (Å²) in [5.74, 6) is 2.47. The van der Waals surface area contributed by atoms with Crippen molar-refractivity contribution in [3.63, 3.8) is 0 Å². The van der Waals surface area contributed by atoms with Crippen LogP contribution in [0, 0.1) is 0 Å². The fourth-order valence-electron chi connectivity index (χ4n) is 3.68. The molecule has 3 heterocycles. The van der Waals surface area contributed by atoms with Crippen molar-refractivity contribution < 1.29 is 4.79 Å². The first kappa shape index (κ1) is 20.9. The van der Waals surface area contributed by atoms with Gasteiger partial charge in [0.1, 0.15) is 5.82 Å². The van der Waals surface area contributed by atoms with E-state index in [1.165, 1.54) is 12.8 Å². The summed E-state index contributed by atoms with van der Waals surface area (Å²) in [6.07, 6.45) is 4.09. The van der Waals surface area contributed by atoms with Gasteiger partial charge in [-0.05, 0) is 54.0 Å². The van der Waals surface area contributed by atoms with Crippen LogP contribution in [0.25, 0.3) is 0 Å². The second kappa shape index (κ2) is 8.87. The van der Waals surface area contributed by atoms with Gasteiger partial charge >= 0.3 is 0 Å². The van der Waals surface area contributed by atoms with Crippen LogP contribution < -0.4 is 10.6 Å².